The van der Waals surface area contributed by atoms with Crippen molar-refractivity contribution < 1.29 is 76.9 Å². The molecule has 0 aliphatic carbocycles. The molecule has 2 rings (SSSR count). The van der Waals surface area contributed by atoms with Crippen molar-refractivity contribution in [3.8, 4) is 5.75 Å². The van der Waals surface area contributed by atoms with Gasteiger partial charge in [0.05, 0.1) is 17.9 Å². The van der Waals surface area contributed by atoms with Gasteiger partial charge in [-0.2, -0.15) is 0 Å². The normalized spacial score (nSPS) is 10.2. The molecule has 0 bridgehead atoms. The number of sulfone groups is 1. The molecule has 2 N–H and O–H groups in total. The number of nitrogens with one attached hydrogen (secondary N) is 1. The summed E-state index contributed by atoms with van der Waals surface area (Å²) in [6, 6.07) is 9.58. The summed E-state index contributed by atoms with van der Waals surface area (Å²) in [5.41, 5.74) is 7.71. The Bertz CT molecular complexity index is 853. The Morgan fingerprint density at radius 2 is 1.72 bits per heavy atom. The van der Waals surface area contributed by atoms with Crippen molar-refractivity contribution in [2.45, 2.75) is 11.3 Å². The van der Waals surface area contributed by atoms with Gasteiger partial charge in [-0.15, -0.1) is 11.6 Å². The second-order valence-electron chi connectivity index (χ2n) is 4.88. The van der Waals surface area contributed by atoms with Gasteiger partial charge in [-0.3, -0.25) is 0 Å². The molecule has 9 heteroatoms. The van der Waals surface area contributed by atoms with Crippen LogP contribution in [0.1, 0.15) is 21.5 Å². The van der Waals surface area contributed by atoms with Gasteiger partial charge >= 0.3 is 0 Å². The molecule has 2 aromatic rings. The first-order chi connectivity index (χ1) is 10.8. The topological polar surface area (TPSA) is 112 Å². The molecule has 1 radical (unpaired) electrons. The molecule has 0 unspecified atom stereocenters. The van der Waals surface area contributed by atoms with Crippen LogP contribution in [-0.4, -0.2) is 31.5 Å². The van der Waals surface area contributed by atoms with Gasteiger partial charge in [0.15, 0.2) is 9.84 Å². The predicted molar refractivity (Wildman–Crippen MR) is 83.8 cm³/mol. The molecular weight excluding hydrogens is 591 g/mol. The van der Waals surface area contributed by atoms with Crippen LogP contribution in [0, 0.1) is 0 Å². The average Bonchev–Trinajstić information content (AvgIpc) is 2.53. The van der Waals surface area contributed by atoms with Crippen LogP contribution in [0.2, 0.25) is 0 Å². The van der Waals surface area contributed by atoms with Crippen LogP contribution >= 0.6 is 0 Å². The van der Waals surface area contributed by atoms with Gasteiger partial charge in [0, 0.05) is 64.4 Å². The molecule has 6 nitrogen and oxygen atoms in total. The molecule has 0 saturated carbocycles. The van der Waals surface area contributed by atoms with Crippen LogP contribution in [0.5, 0.6) is 5.75 Å². The fourth-order valence-electron chi connectivity index (χ4n) is 1.98. The third-order valence-corrected chi connectivity index (χ3v) is 5.03. The van der Waals surface area contributed by atoms with E-state index in [9.17, 15) is 23.1 Å². The fraction of sp³-hybridized carbons (Fsp3) is 0.125. The molecule has 0 aliphatic rings. The molecular formula is C16H13NO5SWY-2. The van der Waals surface area contributed by atoms with Gasteiger partial charge in [0.1, 0.15) is 0 Å². The van der Waals surface area contributed by atoms with E-state index in [0.717, 1.165) is 12.1 Å². The molecule has 0 saturated heterocycles. The predicted octanol–water partition coefficient (Wildman–Crippen LogP) is 2.05. The van der Waals surface area contributed by atoms with Crippen LogP contribution in [0.25, 0.3) is 5.73 Å². The first kappa shape index (κ1) is 24.1. The van der Waals surface area contributed by atoms with E-state index in [0.29, 0.717) is 5.56 Å². The summed E-state index contributed by atoms with van der Waals surface area (Å²) in [5.74, 6) is -1.31. The summed E-state index contributed by atoms with van der Waals surface area (Å²) >= 11 is 0. The van der Waals surface area contributed by atoms with Crippen molar-refractivity contribution in [3.63, 3.8) is 0 Å². The van der Waals surface area contributed by atoms with Crippen LogP contribution in [-0.2, 0) is 74.8 Å². The van der Waals surface area contributed by atoms with E-state index < -0.39 is 15.7 Å². The molecule has 2 aromatic carbocycles. The number of amides is 1. The quantitative estimate of drug-likeness (QED) is 0.508. The average molecular weight is 604 g/mol. The SMILES string of the molecule is [NH-]C(=O)c1ccc(CCS(=O)(=O)c2ccc(O)c([C-]=O)c2)cc1.[W].[Y]. The molecule has 0 fully saturated rings. The standard InChI is InChI=1S/C16H14NO5S.W.Y/c17-16(20)12-3-1-11(2-4-12)7-8-23(21,22)14-5-6-15(19)13(9-14)10-18;;/h1-6,9H,7-8H2,(H3,17,18,19,20);;/q-1;;/p-1. The van der Waals surface area contributed by atoms with Gasteiger partial charge in [-0.25, -0.2) is 8.42 Å². The number of hydrogen-bond acceptors (Lipinski definition) is 5. The van der Waals surface area contributed by atoms with Gasteiger partial charge in [-0.1, -0.05) is 36.4 Å². The zero-order valence-electron chi connectivity index (χ0n) is 12.9. The number of rotatable bonds is 6. The number of phenols is 1. The first-order valence-corrected chi connectivity index (χ1v) is 8.27. The number of aryl methyl sites for hydroxylation is 1. The van der Waals surface area contributed by atoms with Crippen molar-refractivity contribution in [1.82, 2.24) is 0 Å². The smallest absolute Gasteiger partial charge is 0.167 e. The number of carbonyl (C=O) groups is 1. The maximum atomic E-state index is 12.3. The van der Waals surface area contributed by atoms with Gasteiger partial charge in [-0.05, 0) is 17.5 Å². The van der Waals surface area contributed by atoms with Crippen LogP contribution in [0.4, 0.5) is 0 Å². The van der Waals surface area contributed by atoms with Gasteiger partial charge in [0.25, 0.3) is 0 Å². The number of phenolic OH excluding ortho intramolecular Hbond substituents is 1. The fourth-order valence-corrected chi connectivity index (χ4v) is 3.30. The summed E-state index contributed by atoms with van der Waals surface area (Å²) in [6.45, 7) is 0. The minimum absolute atomic E-state index is 0. The monoisotopic (exact) mass is 604 g/mol. The largest absolute Gasteiger partial charge is 0.664 e. The Balaban J connectivity index is 0.00000288. The van der Waals surface area contributed by atoms with E-state index in [4.69, 9.17) is 5.73 Å². The number of hydrogen-bond donors (Lipinski definition) is 1. The third-order valence-electron chi connectivity index (χ3n) is 3.31. The van der Waals surface area contributed by atoms with E-state index in [2.05, 4.69) is 0 Å². The van der Waals surface area contributed by atoms with Gasteiger partial charge in [0.2, 0.25) is 0 Å². The summed E-state index contributed by atoms with van der Waals surface area (Å²) in [6.07, 6.45) is 1.70. The molecule has 129 valence electrons. The van der Waals surface area contributed by atoms with Crippen molar-refractivity contribution in [2.24, 2.45) is 0 Å². The van der Waals surface area contributed by atoms with E-state index in [1.165, 1.54) is 24.5 Å². The minimum Gasteiger partial charge on any atom is -0.664 e. The Hall–Kier alpha value is -0.878. The molecule has 1 amide bonds. The van der Waals surface area contributed by atoms with E-state index >= 15 is 0 Å². The summed E-state index contributed by atoms with van der Waals surface area (Å²) in [4.78, 5) is 21.5. The molecule has 0 atom stereocenters. The van der Waals surface area contributed by atoms with Crippen molar-refractivity contribution >= 4 is 22.0 Å². The van der Waals surface area contributed by atoms with E-state index in [1.54, 1.807) is 12.1 Å². The van der Waals surface area contributed by atoms with Crippen molar-refractivity contribution in [1.29, 1.82) is 0 Å². The molecule has 0 heterocycles. The summed E-state index contributed by atoms with van der Waals surface area (Å²) in [5, 5.41) is 9.38. The minimum atomic E-state index is -3.63. The first-order valence-electron chi connectivity index (χ1n) is 6.62. The molecule has 25 heavy (non-hydrogen) atoms. The summed E-state index contributed by atoms with van der Waals surface area (Å²) in [7, 11) is -3.63. The number of carbonyl (C=O) groups excluding carboxylic acids is 2. The van der Waals surface area contributed by atoms with Crippen LogP contribution in [0.15, 0.2) is 47.4 Å². The number of benzene rings is 2. The van der Waals surface area contributed by atoms with Gasteiger partial charge < -0.3 is 20.4 Å². The van der Waals surface area contributed by atoms with E-state index in [1.807, 2.05) is 0 Å². The molecule has 0 aromatic heterocycles. The second-order valence-corrected chi connectivity index (χ2v) is 6.99. The zero-order chi connectivity index (χ0) is 17.0. The van der Waals surface area contributed by atoms with Crippen LogP contribution < -0.4 is 0 Å². The molecule has 0 spiro atoms. The Labute approximate surface area is 185 Å². The van der Waals surface area contributed by atoms with Crippen molar-refractivity contribution in [2.75, 3.05) is 5.75 Å². The second kappa shape index (κ2) is 10.3. The Morgan fingerprint density at radius 1 is 1.12 bits per heavy atom. The van der Waals surface area contributed by atoms with Crippen LogP contribution in [0.3, 0.4) is 0 Å². The van der Waals surface area contributed by atoms with E-state index in [-0.39, 0.29) is 87.7 Å². The third kappa shape index (κ3) is 6.41. The Kier molecular flexibility index (Phi) is 9.95. The number of aromatic hydroxyl groups is 1. The Morgan fingerprint density at radius 3 is 2.24 bits per heavy atom. The maximum Gasteiger partial charge on any atom is 0.167 e. The molecule has 0 aliphatic heterocycles. The van der Waals surface area contributed by atoms with Crippen molar-refractivity contribution in [3.05, 3.63) is 64.9 Å². The maximum absolute atomic E-state index is 12.3. The zero-order valence-corrected chi connectivity index (χ0v) is 19.5. The summed E-state index contributed by atoms with van der Waals surface area (Å²) < 4.78 is 24.5.